The van der Waals surface area contributed by atoms with Gasteiger partial charge in [-0.15, -0.1) is 0 Å². The van der Waals surface area contributed by atoms with Gasteiger partial charge in [0.2, 0.25) is 0 Å². The fraction of sp³-hybridized carbons (Fsp3) is 0.333. The van der Waals surface area contributed by atoms with Crippen molar-refractivity contribution in [3.05, 3.63) is 36.3 Å². The van der Waals surface area contributed by atoms with E-state index in [1.165, 1.54) is 0 Å². The van der Waals surface area contributed by atoms with Gasteiger partial charge in [0, 0.05) is 31.9 Å². The van der Waals surface area contributed by atoms with Crippen LogP contribution in [0.5, 0.6) is 0 Å². The molecule has 0 bridgehead atoms. The van der Waals surface area contributed by atoms with E-state index in [9.17, 15) is 4.79 Å². The van der Waals surface area contributed by atoms with Gasteiger partial charge >= 0.3 is 6.03 Å². The summed E-state index contributed by atoms with van der Waals surface area (Å²) < 4.78 is 1.95. The molecule has 0 saturated heterocycles. The van der Waals surface area contributed by atoms with Crippen molar-refractivity contribution in [3.63, 3.8) is 0 Å². The van der Waals surface area contributed by atoms with Gasteiger partial charge in [0.1, 0.15) is 5.65 Å². The number of nitrogens with zero attached hydrogens (tertiary/aromatic N) is 2. The molecule has 2 amide bonds. The second-order valence-corrected chi connectivity index (χ2v) is 3.85. The number of imidazole rings is 1. The van der Waals surface area contributed by atoms with Crippen molar-refractivity contribution in [1.29, 1.82) is 0 Å². The summed E-state index contributed by atoms with van der Waals surface area (Å²) >= 11 is 0. The highest BCUT2D eigenvalue weighted by Crippen LogP contribution is 2.04. The minimum Gasteiger partial charge on any atom is -0.395 e. The molecule has 3 N–H and O–H groups in total. The number of urea groups is 1. The normalized spacial score (nSPS) is 10.5. The number of aromatic nitrogens is 2. The third-order valence-corrected chi connectivity index (χ3v) is 2.48. The summed E-state index contributed by atoms with van der Waals surface area (Å²) in [6.45, 7) is 0.723. The molecule has 2 heterocycles. The van der Waals surface area contributed by atoms with E-state index in [4.69, 9.17) is 5.11 Å². The summed E-state index contributed by atoms with van der Waals surface area (Å²) in [5, 5.41) is 13.8. The number of nitrogens with one attached hydrogen (secondary N) is 2. The molecule has 0 aliphatic heterocycles. The largest absolute Gasteiger partial charge is 0.395 e. The highest BCUT2D eigenvalue weighted by atomic mass is 16.3. The van der Waals surface area contributed by atoms with Crippen LogP contribution in [-0.4, -0.2) is 40.2 Å². The molecule has 6 nitrogen and oxygen atoms in total. The van der Waals surface area contributed by atoms with E-state index < -0.39 is 0 Å². The first-order chi connectivity index (χ1) is 8.79. The standard InChI is InChI=1S/C12H16N4O2/c17-8-6-14-12(18)13-5-4-10-9-16-7-2-1-3-11(16)15-10/h1-3,7,9,17H,4-6,8H2,(H2,13,14,18). The lowest BCUT2D eigenvalue weighted by Crippen LogP contribution is -2.37. The van der Waals surface area contributed by atoms with Crippen molar-refractivity contribution in [2.75, 3.05) is 19.7 Å². The van der Waals surface area contributed by atoms with E-state index in [1.807, 2.05) is 35.0 Å². The summed E-state index contributed by atoms with van der Waals surface area (Å²) in [6, 6.07) is 5.55. The Labute approximate surface area is 105 Å². The highest BCUT2D eigenvalue weighted by Gasteiger charge is 2.02. The lowest BCUT2D eigenvalue weighted by atomic mass is 10.3. The van der Waals surface area contributed by atoms with E-state index in [-0.39, 0.29) is 19.2 Å². The maximum Gasteiger partial charge on any atom is 0.314 e. The first kappa shape index (κ1) is 12.4. The van der Waals surface area contributed by atoms with E-state index in [2.05, 4.69) is 15.6 Å². The molecule has 0 atom stereocenters. The molecule has 6 heteroatoms. The predicted molar refractivity (Wildman–Crippen MR) is 67.4 cm³/mol. The lowest BCUT2D eigenvalue weighted by Gasteiger charge is -2.04. The molecule has 96 valence electrons. The molecule has 2 aromatic rings. The molecule has 0 aromatic carbocycles. The average Bonchev–Trinajstić information content (AvgIpc) is 2.79. The molecule has 18 heavy (non-hydrogen) atoms. The van der Waals surface area contributed by atoms with E-state index in [0.29, 0.717) is 13.0 Å². The summed E-state index contributed by atoms with van der Waals surface area (Å²) in [5.41, 5.74) is 1.83. The molecular formula is C12H16N4O2. The number of carbonyl (C=O) groups excluding carboxylic acids is 1. The van der Waals surface area contributed by atoms with Crippen molar-refractivity contribution in [2.45, 2.75) is 6.42 Å². The number of hydrogen-bond acceptors (Lipinski definition) is 3. The number of fused-ring (bicyclic) bond motifs is 1. The minimum absolute atomic E-state index is 0.0557. The summed E-state index contributed by atoms with van der Waals surface area (Å²) in [6.07, 6.45) is 4.56. The van der Waals surface area contributed by atoms with Crippen LogP contribution in [0.25, 0.3) is 5.65 Å². The average molecular weight is 248 g/mol. The molecule has 0 aliphatic rings. The zero-order valence-corrected chi connectivity index (χ0v) is 9.97. The van der Waals surface area contributed by atoms with Crippen LogP contribution in [0.2, 0.25) is 0 Å². The fourth-order valence-electron chi connectivity index (χ4n) is 1.64. The molecule has 2 rings (SSSR count). The molecule has 0 spiro atoms. The number of hydrogen-bond donors (Lipinski definition) is 3. The van der Waals surface area contributed by atoms with E-state index >= 15 is 0 Å². The maximum absolute atomic E-state index is 11.2. The van der Waals surface area contributed by atoms with Crippen LogP contribution in [0.15, 0.2) is 30.6 Å². The predicted octanol–water partition coefficient (Wildman–Crippen LogP) is 0.168. The van der Waals surface area contributed by atoms with E-state index in [1.54, 1.807) is 0 Å². The molecule has 0 saturated carbocycles. The van der Waals surface area contributed by atoms with Crippen LogP contribution in [0.4, 0.5) is 4.79 Å². The van der Waals surface area contributed by atoms with Crippen LogP contribution in [0, 0.1) is 0 Å². The first-order valence-electron chi connectivity index (χ1n) is 5.85. The minimum atomic E-state index is -0.271. The van der Waals surface area contributed by atoms with Crippen LogP contribution >= 0.6 is 0 Å². The van der Waals surface area contributed by atoms with Gasteiger partial charge in [-0.1, -0.05) is 6.07 Å². The Hall–Kier alpha value is -2.08. The van der Waals surface area contributed by atoms with Crippen LogP contribution in [0.1, 0.15) is 5.69 Å². The van der Waals surface area contributed by atoms with Crippen molar-refractivity contribution >= 4 is 11.7 Å². The highest BCUT2D eigenvalue weighted by molar-refractivity contribution is 5.73. The number of carbonyl (C=O) groups is 1. The molecule has 0 fully saturated rings. The quantitative estimate of drug-likeness (QED) is 0.705. The van der Waals surface area contributed by atoms with Crippen molar-refractivity contribution in [3.8, 4) is 0 Å². The van der Waals surface area contributed by atoms with Crippen LogP contribution in [0.3, 0.4) is 0 Å². The summed E-state index contributed by atoms with van der Waals surface area (Å²) in [7, 11) is 0. The molecule has 2 aromatic heterocycles. The van der Waals surface area contributed by atoms with Crippen molar-refractivity contribution in [2.24, 2.45) is 0 Å². The Morgan fingerprint density at radius 1 is 1.33 bits per heavy atom. The Morgan fingerprint density at radius 2 is 2.17 bits per heavy atom. The molecule has 0 unspecified atom stereocenters. The third kappa shape index (κ3) is 3.21. The second kappa shape index (κ2) is 6.02. The van der Waals surface area contributed by atoms with Crippen LogP contribution in [-0.2, 0) is 6.42 Å². The van der Waals surface area contributed by atoms with Gasteiger partial charge < -0.3 is 20.1 Å². The Kier molecular flexibility index (Phi) is 4.14. The van der Waals surface area contributed by atoms with Gasteiger partial charge in [0.25, 0.3) is 0 Å². The van der Waals surface area contributed by atoms with Gasteiger partial charge in [-0.05, 0) is 12.1 Å². The number of rotatable bonds is 5. The van der Waals surface area contributed by atoms with Crippen LogP contribution < -0.4 is 10.6 Å². The van der Waals surface area contributed by atoms with Gasteiger partial charge in [-0.25, -0.2) is 9.78 Å². The first-order valence-corrected chi connectivity index (χ1v) is 5.85. The Morgan fingerprint density at radius 3 is 2.94 bits per heavy atom. The zero-order chi connectivity index (χ0) is 12.8. The van der Waals surface area contributed by atoms with Crippen molar-refractivity contribution < 1.29 is 9.90 Å². The van der Waals surface area contributed by atoms with Crippen molar-refractivity contribution in [1.82, 2.24) is 20.0 Å². The monoisotopic (exact) mass is 248 g/mol. The van der Waals surface area contributed by atoms with Gasteiger partial charge in [0.05, 0.1) is 12.3 Å². The summed E-state index contributed by atoms with van der Waals surface area (Å²) in [4.78, 5) is 15.6. The molecule has 0 aliphatic carbocycles. The molecule has 0 radical (unpaired) electrons. The topological polar surface area (TPSA) is 78.7 Å². The Balaban J connectivity index is 1.81. The third-order valence-electron chi connectivity index (χ3n) is 2.48. The summed E-state index contributed by atoms with van der Waals surface area (Å²) in [5.74, 6) is 0. The van der Waals surface area contributed by atoms with Gasteiger partial charge in [-0.3, -0.25) is 0 Å². The smallest absolute Gasteiger partial charge is 0.314 e. The Bertz CT molecular complexity index is 491. The van der Waals surface area contributed by atoms with Gasteiger partial charge in [-0.2, -0.15) is 0 Å². The number of pyridine rings is 1. The lowest BCUT2D eigenvalue weighted by molar-refractivity contribution is 0.234. The molecular weight excluding hydrogens is 232 g/mol. The second-order valence-electron chi connectivity index (χ2n) is 3.85. The SMILES string of the molecule is O=C(NCCO)NCCc1cn2ccccc2n1. The maximum atomic E-state index is 11.2. The van der Waals surface area contributed by atoms with E-state index in [0.717, 1.165) is 11.3 Å². The fourth-order valence-corrected chi connectivity index (χ4v) is 1.64. The van der Waals surface area contributed by atoms with Gasteiger partial charge in [0.15, 0.2) is 0 Å². The number of amides is 2. The number of aliphatic hydroxyl groups is 1. The number of aliphatic hydroxyl groups excluding tert-OH is 1. The zero-order valence-electron chi connectivity index (χ0n) is 9.97.